The van der Waals surface area contributed by atoms with Gasteiger partial charge in [-0.15, -0.1) is 0 Å². The third-order valence-corrected chi connectivity index (χ3v) is 4.83. The van der Waals surface area contributed by atoms with E-state index in [4.69, 9.17) is 0 Å². The predicted octanol–water partition coefficient (Wildman–Crippen LogP) is 3.73. The van der Waals surface area contributed by atoms with Gasteiger partial charge in [0.05, 0.1) is 4.90 Å². The summed E-state index contributed by atoms with van der Waals surface area (Å²) in [6.45, 7) is 1.71. The quantitative estimate of drug-likeness (QED) is 0.841. The monoisotopic (exact) mass is 328 g/mol. The third kappa shape index (κ3) is 2.47. The summed E-state index contributed by atoms with van der Waals surface area (Å²) in [7, 11) is -3.80. The topological polar surface area (TPSA) is 34.1 Å². The normalized spacial score (nSPS) is 11.5. The number of sulfone groups is 1. The molecule has 18 heavy (non-hydrogen) atoms. The first-order valence-electron chi connectivity index (χ1n) is 5.18. The zero-order valence-corrected chi connectivity index (χ0v) is 11.9. The van der Waals surface area contributed by atoms with Crippen molar-refractivity contribution in [3.05, 3.63) is 58.3 Å². The maximum Gasteiger partial charge on any atom is 0.209 e. The summed E-state index contributed by atoms with van der Waals surface area (Å²) in [5, 5.41) is 0. The van der Waals surface area contributed by atoms with E-state index in [9.17, 15) is 12.8 Å². The van der Waals surface area contributed by atoms with Gasteiger partial charge in [-0.2, -0.15) is 0 Å². The number of benzene rings is 2. The molecule has 2 rings (SSSR count). The van der Waals surface area contributed by atoms with Gasteiger partial charge in [0.25, 0.3) is 0 Å². The molecule has 0 fully saturated rings. The van der Waals surface area contributed by atoms with E-state index in [1.807, 2.05) is 0 Å². The number of rotatable bonds is 2. The van der Waals surface area contributed by atoms with Crippen LogP contribution in [0.4, 0.5) is 4.39 Å². The average molecular weight is 329 g/mol. The molecule has 5 heteroatoms. The van der Waals surface area contributed by atoms with Crippen LogP contribution in [-0.2, 0) is 9.84 Å². The van der Waals surface area contributed by atoms with Crippen LogP contribution in [0.2, 0.25) is 0 Å². The highest BCUT2D eigenvalue weighted by Crippen LogP contribution is 2.25. The lowest BCUT2D eigenvalue weighted by molar-refractivity contribution is 0.566. The first-order valence-corrected chi connectivity index (χ1v) is 7.46. The molecule has 0 saturated carbocycles. The van der Waals surface area contributed by atoms with Gasteiger partial charge in [0, 0.05) is 4.47 Å². The lowest BCUT2D eigenvalue weighted by atomic mass is 10.2. The zero-order valence-electron chi connectivity index (χ0n) is 9.52. The Bertz CT molecular complexity index is 679. The second kappa shape index (κ2) is 4.82. The number of halogens is 2. The minimum atomic E-state index is -3.80. The van der Waals surface area contributed by atoms with Crippen LogP contribution < -0.4 is 0 Å². The molecule has 0 heterocycles. The van der Waals surface area contributed by atoms with E-state index in [-0.39, 0.29) is 9.79 Å². The van der Waals surface area contributed by atoms with Gasteiger partial charge in [-0.05, 0) is 48.9 Å². The Morgan fingerprint density at radius 1 is 1.06 bits per heavy atom. The van der Waals surface area contributed by atoms with Crippen molar-refractivity contribution in [2.24, 2.45) is 0 Å². The molecule has 94 valence electrons. The van der Waals surface area contributed by atoms with Crippen LogP contribution in [0, 0.1) is 12.7 Å². The van der Waals surface area contributed by atoms with Crippen LogP contribution >= 0.6 is 15.9 Å². The van der Waals surface area contributed by atoms with Crippen molar-refractivity contribution in [2.75, 3.05) is 0 Å². The number of hydrogen-bond donors (Lipinski definition) is 0. The second-order valence-corrected chi connectivity index (χ2v) is 6.73. The third-order valence-electron chi connectivity index (χ3n) is 2.50. The van der Waals surface area contributed by atoms with Gasteiger partial charge < -0.3 is 0 Å². The average Bonchev–Trinajstić information content (AvgIpc) is 2.29. The molecule has 0 bridgehead atoms. The standard InChI is InChI=1S/C13H10BrFO2S/c1-9-2-7-13(12(15)8-9)18(16,17)11-5-3-10(14)4-6-11/h2-8H,1H3. The van der Waals surface area contributed by atoms with E-state index in [2.05, 4.69) is 15.9 Å². The number of aryl methyl sites for hydroxylation is 1. The van der Waals surface area contributed by atoms with Crippen molar-refractivity contribution in [3.8, 4) is 0 Å². The molecule has 0 aliphatic carbocycles. The predicted molar refractivity (Wildman–Crippen MR) is 70.7 cm³/mol. The second-order valence-electron chi connectivity index (χ2n) is 3.89. The van der Waals surface area contributed by atoms with Crippen molar-refractivity contribution in [1.82, 2.24) is 0 Å². The highest BCUT2D eigenvalue weighted by molar-refractivity contribution is 9.10. The smallest absolute Gasteiger partial charge is 0.209 e. The first kappa shape index (κ1) is 13.2. The van der Waals surface area contributed by atoms with Crippen molar-refractivity contribution in [1.29, 1.82) is 0 Å². The molecule has 0 atom stereocenters. The Kier molecular flexibility index (Phi) is 3.54. The molecule has 0 amide bonds. The van der Waals surface area contributed by atoms with Crippen LogP contribution in [0.25, 0.3) is 0 Å². The summed E-state index contributed by atoms with van der Waals surface area (Å²) in [4.78, 5) is -0.219. The van der Waals surface area contributed by atoms with Crippen LogP contribution in [0.15, 0.2) is 56.7 Å². The molecular weight excluding hydrogens is 319 g/mol. The van der Waals surface area contributed by atoms with Gasteiger partial charge >= 0.3 is 0 Å². The van der Waals surface area contributed by atoms with Gasteiger partial charge in [-0.1, -0.05) is 22.0 Å². The molecule has 2 aromatic carbocycles. The summed E-state index contributed by atoms with van der Waals surface area (Å²) in [5.74, 6) is -0.724. The summed E-state index contributed by atoms with van der Waals surface area (Å²) in [6, 6.07) is 10.2. The highest BCUT2D eigenvalue weighted by Gasteiger charge is 2.21. The fourth-order valence-corrected chi connectivity index (χ4v) is 3.14. The number of hydrogen-bond acceptors (Lipinski definition) is 2. The van der Waals surface area contributed by atoms with E-state index in [1.54, 1.807) is 25.1 Å². The minimum absolute atomic E-state index is 0.0773. The Hall–Kier alpha value is -1.20. The lowest BCUT2D eigenvalue weighted by Crippen LogP contribution is -2.04. The van der Waals surface area contributed by atoms with Crippen LogP contribution in [0.3, 0.4) is 0 Å². The van der Waals surface area contributed by atoms with Crippen LogP contribution in [0.1, 0.15) is 5.56 Å². The SMILES string of the molecule is Cc1ccc(S(=O)(=O)c2ccc(Br)cc2)c(F)c1. The van der Waals surface area contributed by atoms with Crippen LogP contribution in [0.5, 0.6) is 0 Å². The maximum absolute atomic E-state index is 13.7. The summed E-state index contributed by atoms with van der Waals surface area (Å²) in [5.41, 5.74) is 0.683. The Morgan fingerprint density at radius 2 is 1.67 bits per heavy atom. The largest absolute Gasteiger partial charge is 0.218 e. The lowest BCUT2D eigenvalue weighted by Gasteiger charge is -2.06. The Labute approximate surface area is 114 Å². The molecule has 0 unspecified atom stereocenters. The van der Waals surface area contributed by atoms with Gasteiger partial charge in [-0.3, -0.25) is 0 Å². The molecule has 0 radical (unpaired) electrons. The molecular formula is C13H10BrFO2S. The zero-order chi connectivity index (χ0) is 13.3. The highest BCUT2D eigenvalue weighted by atomic mass is 79.9. The molecule has 2 nitrogen and oxygen atoms in total. The molecule has 0 spiro atoms. The van der Waals surface area contributed by atoms with E-state index in [1.165, 1.54) is 24.3 Å². The summed E-state index contributed by atoms with van der Waals surface area (Å²) >= 11 is 3.22. The minimum Gasteiger partial charge on any atom is -0.218 e. The molecule has 0 N–H and O–H groups in total. The molecule has 0 aliphatic rings. The van der Waals surface area contributed by atoms with Crippen molar-refractivity contribution in [2.45, 2.75) is 16.7 Å². The van der Waals surface area contributed by atoms with Crippen LogP contribution in [-0.4, -0.2) is 8.42 Å². The molecule has 2 aromatic rings. The fourth-order valence-electron chi connectivity index (χ4n) is 1.56. The molecule has 0 aliphatic heterocycles. The Morgan fingerprint density at radius 3 is 2.22 bits per heavy atom. The fraction of sp³-hybridized carbons (Fsp3) is 0.0769. The Balaban J connectivity index is 2.58. The van der Waals surface area contributed by atoms with Gasteiger partial charge in [0.1, 0.15) is 10.7 Å². The van der Waals surface area contributed by atoms with E-state index >= 15 is 0 Å². The van der Waals surface area contributed by atoms with Gasteiger partial charge in [0.15, 0.2) is 0 Å². The summed E-state index contributed by atoms with van der Waals surface area (Å²) in [6.07, 6.45) is 0. The van der Waals surface area contributed by atoms with Gasteiger partial charge in [0.2, 0.25) is 9.84 Å². The first-order chi connectivity index (χ1) is 8.41. The maximum atomic E-state index is 13.7. The summed E-state index contributed by atoms with van der Waals surface area (Å²) < 4.78 is 38.9. The van der Waals surface area contributed by atoms with Crippen molar-refractivity contribution >= 4 is 25.8 Å². The van der Waals surface area contributed by atoms with E-state index in [0.717, 1.165) is 4.47 Å². The van der Waals surface area contributed by atoms with E-state index < -0.39 is 15.7 Å². The van der Waals surface area contributed by atoms with Crippen molar-refractivity contribution in [3.63, 3.8) is 0 Å². The van der Waals surface area contributed by atoms with Crippen molar-refractivity contribution < 1.29 is 12.8 Å². The molecule has 0 saturated heterocycles. The van der Waals surface area contributed by atoms with E-state index in [0.29, 0.717) is 5.56 Å². The molecule has 0 aromatic heterocycles. The van der Waals surface area contributed by atoms with Gasteiger partial charge in [-0.25, -0.2) is 12.8 Å².